The van der Waals surface area contributed by atoms with Crippen LogP contribution in [0.3, 0.4) is 0 Å². The van der Waals surface area contributed by atoms with Crippen molar-refractivity contribution in [3.05, 3.63) is 65.7 Å². The van der Waals surface area contributed by atoms with Gasteiger partial charge in [-0.2, -0.15) is 0 Å². The molecule has 2 aromatic rings. The number of halogens is 1. The highest BCUT2D eigenvalue weighted by atomic mass is 35.5. The zero-order chi connectivity index (χ0) is 11.5. The van der Waals surface area contributed by atoms with Crippen LogP contribution in [-0.2, 0) is 12.8 Å². The van der Waals surface area contributed by atoms with Gasteiger partial charge in [0.25, 0.3) is 0 Å². The number of para-hydroxylation sites is 1. The first-order valence-corrected chi connectivity index (χ1v) is 6.30. The molecule has 1 aliphatic carbocycles. The molecule has 3 rings (SSSR count). The third-order valence-corrected chi connectivity index (χ3v) is 3.49. The van der Waals surface area contributed by atoms with E-state index in [1.54, 1.807) is 0 Å². The molecule has 1 unspecified atom stereocenters. The Hall–Kier alpha value is -1.47. The fraction of sp³-hybridized carbons (Fsp3) is 0.250. The number of anilines is 1. The van der Waals surface area contributed by atoms with Crippen LogP contribution in [0.1, 0.15) is 17.5 Å². The molecule has 2 aromatic carbocycles. The zero-order valence-electron chi connectivity index (χ0n) is 10.3. The highest BCUT2D eigenvalue weighted by Crippen LogP contribution is 2.23. The second-order valence-electron chi connectivity index (χ2n) is 4.72. The van der Waals surface area contributed by atoms with Gasteiger partial charge in [0.1, 0.15) is 0 Å². The summed E-state index contributed by atoms with van der Waals surface area (Å²) in [6.07, 6.45) is 3.57. The molecule has 0 heterocycles. The molecule has 1 aliphatic rings. The summed E-state index contributed by atoms with van der Waals surface area (Å²) in [5.41, 5.74) is 4.27. The summed E-state index contributed by atoms with van der Waals surface area (Å²) >= 11 is 0. The molecule has 1 N–H and O–H groups in total. The molecule has 0 aliphatic heterocycles. The van der Waals surface area contributed by atoms with Crippen LogP contribution in [0.4, 0.5) is 5.69 Å². The number of hydrogen-bond donors (Lipinski definition) is 1. The zero-order valence-corrected chi connectivity index (χ0v) is 11.1. The average Bonchev–Trinajstić information content (AvgIpc) is 2.40. The molecule has 0 radical (unpaired) electrons. The first kappa shape index (κ1) is 13.0. The van der Waals surface area contributed by atoms with Crippen LogP contribution in [0, 0.1) is 0 Å². The van der Waals surface area contributed by atoms with Crippen LogP contribution in [0.15, 0.2) is 54.6 Å². The fourth-order valence-electron chi connectivity index (χ4n) is 2.59. The summed E-state index contributed by atoms with van der Waals surface area (Å²) in [5.74, 6) is 0. The normalized spacial score (nSPS) is 17.4. The lowest BCUT2D eigenvalue weighted by Gasteiger charge is -2.26. The molecule has 0 saturated heterocycles. The van der Waals surface area contributed by atoms with Gasteiger partial charge < -0.3 is 5.32 Å². The number of fused-ring (bicyclic) bond motifs is 1. The number of benzene rings is 2. The van der Waals surface area contributed by atoms with Gasteiger partial charge in [-0.1, -0.05) is 42.5 Å². The van der Waals surface area contributed by atoms with E-state index in [0.717, 1.165) is 6.42 Å². The maximum Gasteiger partial charge on any atom is 0.0342 e. The number of nitrogens with one attached hydrogen (secondary N) is 1. The largest absolute Gasteiger partial charge is 0.382 e. The highest BCUT2D eigenvalue weighted by Gasteiger charge is 2.17. The number of hydrogen-bond acceptors (Lipinski definition) is 1. The minimum atomic E-state index is 0. The molecule has 0 fully saturated rings. The minimum Gasteiger partial charge on any atom is -0.382 e. The molecule has 1 atom stereocenters. The molecule has 1 nitrogen and oxygen atoms in total. The third-order valence-electron chi connectivity index (χ3n) is 3.49. The summed E-state index contributed by atoms with van der Waals surface area (Å²) in [6.45, 7) is 0. The van der Waals surface area contributed by atoms with E-state index < -0.39 is 0 Å². The van der Waals surface area contributed by atoms with Crippen molar-refractivity contribution in [3.63, 3.8) is 0 Å². The lowest BCUT2D eigenvalue weighted by molar-refractivity contribution is 0.611. The summed E-state index contributed by atoms with van der Waals surface area (Å²) in [7, 11) is 0. The van der Waals surface area contributed by atoms with Crippen molar-refractivity contribution >= 4 is 18.1 Å². The molecule has 0 bridgehead atoms. The van der Waals surface area contributed by atoms with Gasteiger partial charge in [-0.3, -0.25) is 0 Å². The monoisotopic (exact) mass is 259 g/mol. The molecule has 2 heteroatoms. The lowest BCUT2D eigenvalue weighted by atomic mass is 9.88. The number of aryl methyl sites for hydroxylation is 1. The predicted octanol–water partition coefficient (Wildman–Crippen LogP) is 4.08. The Morgan fingerprint density at radius 1 is 0.833 bits per heavy atom. The van der Waals surface area contributed by atoms with Gasteiger partial charge in [-0.05, 0) is 42.5 Å². The van der Waals surface area contributed by atoms with Crippen molar-refractivity contribution in [2.24, 2.45) is 0 Å². The first-order chi connectivity index (χ1) is 8.42. The minimum absolute atomic E-state index is 0. The smallest absolute Gasteiger partial charge is 0.0342 e. The van der Waals surface area contributed by atoms with E-state index in [-0.39, 0.29) is 12.4 Å². The Kier molecular flexibility index (Phi) is 4.27. The van der Waals surface area contributed by atoms with Gasteiger partial charge in [0, 0.05) is 11.7 Å². The molecule has 0 spiro atoms. The molecule has 0 amide bonds. The lowest BCUT2D eigenvalue weighted by Crippen LogP contribution is -2.27. The second-order valence-corrected chi connectivity index (χ2v) is 4.72. The highest BCUT2D eigenvalue weighted by molar-refractivity contribution is 5.85. The first-order valence-electron chi connectivity index (χ1n) is 6.30. The Labute approximate surface area is 115 Å². The van der Waals surface area contributed by atoms with E-state index >= 15 is 0 Å². The van der Waals surface area contributed by atoms with Crippen molar-refractivity contribution in [2.75, 3.05) is 5.32 Å². The van der Waals surface area contributed by atoms with Gasteiger partial charge in [-0.25, -0.2) is 0 Å². The van der Waals surface area contributed by atoms with Crippen molar-refractivity contribution in [3.8, 4) is 0 Å². The van der Waals surface area contributed by atoms with Crippen LogP contribution >= 0.6 is 12.4 Å². The molecule has 18 heavy (non-hydrogen) atoms. The van der Waals surface area contributed by atoms with Crippen molar-refractivity contribution in [2.45, 2.75) is 25.3 Å². The molecule has 0 saturated carbocycles. The van der Waals surface area contributed by atoms with Crippen molar-refractivity contribution < 1.29 is 0 Å². The van der Waals surface area contributed by atoms with Crippen LogP contribution < -0.4 is 5.32 Å². The summed E-state index contributed by atoms with van der Waals surface area (Å²) in [5, 5.41) is 3.62. The topological polar surface area (TPSA) is 12.0 Å². The van der Waals surface area contributed by atoms with Crippen LogP contribution in [0.25, 0.3) is 0 Å². The maximum absolute atomic E-state index is 3.62. The SMILES string of the molecule is Cl.c1ccc(NC2CCc3ccccc3C2)cc1. The van der Waals surface area contributed by atoms with E-state index in [2.05, 4.69) is 59.9 Å². The summed E-state index contributed by atoms with van der Waals surface area (Å²) < 4.78 is 0. The van der Waals surface area contributed by atoms with Gasteiger partial charge in [-0.15, -0.1) is 12.4 Å². The van der Waals surface area contributed by atoms with E-state index in [0.29, 0.717) is 6.04 Å². The van der Waals surface area contributed by atoms with Crippen molar-refractivity contribution in [1.29, 1.82) is 0 Å². The van der Waals surface area contributed by atoms with Gasteiger partial charge >= 0.3 is 0 Å². The van der Waals surface area contributed by atoms with Gasteiger partial charge in [0.05, 0.1) is 0 Å². The quantitative estimate of drug-likeness (QED) is 0.857. The summed E-state index contributed by atoms with van der Waals surface area (Å²) in [4.78, 5) is 0. The Morgan fingerprint density at radius 3 is 2.28 bits per heavy atom. The molecule has 94 valence electrons. The maximum atomic E-state index is 3.62. The standard InChI is InChI=1S/C16H17N.ClH/c1-2-8-15(9-3-1)17-16-11-10-13-6-4-5-7-14(13)12-16;/h1-9,16-17H,10-12H2;1H. The van der Waals surface area contributed by atoms with Gasteiger partial charge in [0.2, 0.25) is 0 Å². The van der Waals surface area contributed by atoms with Crippen LogP contribution in [0.2, 0.25) is 0 Å². The molecular weight excluding hydrogens is 242 g/mol. The number of rotatable bonds is 2. The molecule has 0 aromatic heterocycles. The van der Waals surface area contributed by atoms with Crippen LogP contribution in [0.5, 0.6) is 0 Å². The van der Waals surface area contributed by atoms with E-state index in [9.17, 15) is 0 Å². The van der Waals surface area contributed by atoms with Gasteiger partial charge in [0.15, 0.2) is 0 Å². The Morgan fingerprint density at radius 2 is 1.50 bits per heavy atom. The molecular formula is C16H18ClN. The predicted molar refractivity (Wildman–Crippen MR) is 79.6 cm³/mol. The van der Waals surface area contributed by atoms with Crippen molar-refractivity contribution in [1.82, 2.24) is 0 Å². The van der Waals surface area contributed by atoms with E-state index in [4.69, 9.17) is 0 Å². The van der Waals surface area contributed by atoms with Crippen LogP contribution in [-0.4, -0.2) is 6.04 Å². The van der Waals surface area contributed by atoms with E-state index in [1.807, 2.05) is 0 Å². The third kappa shape index (κ3) is 2.85. The Bertz CT molecular complexity index is 495. The summed E-state index contributed by atoms with van der Waals surface area (Å²) in [6, 6.07) is 19.9. The van der Waals surface area contributed by atoms with E-state index in [1.165, 1.54) is 29.7 Å². The fourth-order valence-corrected chi connectivity index (χ4v) is 2.59. The second kappa shape index (κ2) is 5.92. The average molecular weight is 260 g/mol. The Balaban J connectivity index is 0.00000120.